The van der Waals surface area contributed by atoms with E-state index in [1.54, 1.807) is 18.3 Å². The molecular formula is C14H14BrN3O3. The second-order valence-corrected chi connectivity index (χ2v) is 5.01. The van der Waals surface area contributed by atoms with Crippen LogP contribution in [0.4, 0.5) is 11.5 Å². The average molecular weight is 352 g/mol. The summed E-state index contributed by atoms with van der Waals surface area (Å²) in [6.07, 6.45) is 1.71. The molecule has 1 heterocycles. The molecule has 1 aromatic heterocycles. The Balaban J connectivity index is 2.06. The summed E-state index contributed by atoms with van der Waals surface area (Å²) >= 11 is 3.20. The molecule has 6 nitrogen and oxygen atoms in total. The average Bonchev–Trinajstić information content (AvgIpc) is 2.48. The van der Waals surface area contributed by atoms with E-state index in [0.29, 0.717) is 16.8 Å². The highest BCUT2D eigenvalue weighted by Gasteiger charge is 2.15. The number of nitrogens with zero attached hydrogens (tertiary/aromatic N) is 2. The van der Waals surface area contributed by atoms with E-state index in [1.165, 1.54) is 6.07 Å². The topological polar surface area (TPSA) is 77.3 Å². The Morgan fingerprint density at radius 3 is 2.81 bits per heavy atom. The summed E-state index contributed by atoms with van der Waals surface area (Å²) in [5.41, 5.74) is 0.864. The summed E-state index contributed by atoms with van der Waals surface area (Å²) < 4.78 is 5.94. The van der Waals surface area contributed by atoms with E-state index >= 15 is 0 Å². The first-order chi connectivity index (χ1) is 10.1. The lowest BCUT2D eigenvalue weighted by Crippen LogP contribution is -2.01. The van der Waals surface area contributed by atoms with Gasteiger partial charge < -0.3 is 10.1 Å². The van der Waals surface area contributed by atoms with Crippen LogP contribution in [0.1, 0.15) is 12.5 Å². The molecule has 0 atom stereocenters. The Bertz CT molecular complexity index is 632. The number of rotatable bonds is 6. The van der Waals surface area contributed by atoms with Crippen LogP contribution in [0.5, 0.6) is 5.75 Å². The van der Waals surface area contributed by atoms with Gasteiger partial charge in [-0.05, 0) is 35.0 Å². The molecule has 21 heavy (non-hydrogen) atoms. The number of benzene rings is 1. The molecule has 2 rings (SSSR count). The van der Waals surface area contributed by atoms with E-state index < -0.39 is 4.92 Å². The van der Waals surface area contributed by atoms with Gasteiger partial charge in [-0.3, -0.25) is 10.1 Å². The molecule has 7 heteroatoms. The first-order valence-corrected chi connectivity index (χ1v) is 7.15. The molecular weight excluding hydrogens is 338 g/mol. The smallest absolute Gasteiger partial charge is 0.287 e. The summed E-state index contributed by atoms with van der Waals surface area (Å²) in [5, 5.41) is 14.0. The third-order valence-electron chi connectivity index (χ3n) is 2.72. The largest absolute Gasteiger partial charge is 0.487 e. The summed E-state index contributed by atoms with van der Waals surface area (Å²) in [5.74, 6) is 1.23. The molecule has 0 amide bonds. The SMILES string of the molecule is CCNc1ccc(COc2cccc([N+](=O)[O-])c2Br)cn1. The lowest BCUT2D eigenvalue weighted by atomic mass is 10.3. The van der Waals surface area contributed by atoms with Crippen molar-refractivity contribution in [3.05, 3.63) is 56.7 Å². The van der Waals surface area contributed by atoms with Gasteiger partial charge in [0, 0.05) is 24.4 Å². The highest BCUT2D eigenvalue weighted by Crippen LogP contribution is 2.34. The van der Waals surface area contributed by atoms with Crippen LogP contribution in [0.25, 0.3) is 0 Å². The lowest BCUT2D eigenvalue weighted by molar-refractivity contribution is -0.385. The van der Waals surface area contributed by atoms with Gasteiger partial charge in [-0.2, -0.15) is 0 Å². The van der Waals surface area contributed by atoms with Gasteiger partial charge in [0.25, 0.3) is 5.69 Å². The van der Waals surface area contributed by atoms with Gasteiger partial charge in [0.1, 0.15) is 22.6 Å². The zero-order chi connectivity index (χ0) is 15.2. The van der Waals surface area contributed by atoms with Gasteiger partial charge in [0.15, 0.2) is 0 Å². The maximum Gasteiger partial charge on any atom is 0.287 e. The first kappa shape index (κ1) is 15.2. The van der Waals surface area contributed by atoms with Crippen molar-refractivity contribution >= 4 is 27.4 Å². The quantitative estimate of drug-likeness (QED) is 0.633. The summed E-state index contributed by atoms with van der Waals surface area (Å²) in [7, 11) is 0. The van der Waals surface area contributed by atoms with Crippen LogP contribution in [0.2, 0.25) is 0 Å². The maximum atomic E-state index is 10.9. The zero-order valence-electron chi connectivity index (χ0n) is 11.4. The van der Waals surface area contributed by atoms with E-state index in [4.69, 9.17) is 4.74 Å². The molecule has 1 aromatic carbocycles. The summed E-state index contributed by atoms with van der Waals surface area (Å²) in [6.45, 7) is 3.10. The second kappa shape index (κ2) is 7.03. The van der Waals surface area contributed by atoms with Crippen LogP contribution >= 0.6 is 15.9 Å². The molecule has 0 saturated carbocycles. The first-order valence-electron chi connectivity index (χ1n) is 6.36. The van der Waals surface area contributed by atoms with Crippen LogP contribution in [0.15, 0.2) is 41.0 Å². The molecule has 2 aromatic rings. The molecule has 1 N–H and O–H groups in total. The normalized spacial score (nSPS) is 10.2. The predicted molar refractivity (Wildman–Crippen MR) is 83.5 cm³/mol. The van der Waals surface area contributed by atoms with Crippen molar-refractivity contribution in [2.75, 3.05) is 11.9 Å². The van der Waals surface area contributed by atoms with E-state index in [9.17, 15) is 10.1 Å². The monoisotopic (exact) mass is 351 g/mol. The number of pyridine rings is 1. The third kappa shape index (κ3) is 3.91. The molecule has 0 unspecified atom stereocenters. The Morgan fingerprint density at radius 1 is 1.38 bits per heavy atom. The molecule has 0 bridgehead atoms. The Morgan fingerprint density at radius 2 is 2.19 bits per heavy atom. The van der Waals surface area contributed by atoms with Crippen molar-refractivity contribution in [3.8, 4) is 5.75 Å². The number of nitrogens with one attached hydrogen (secondary N) is 1. The maximum absolute atomic E-state index is 10.9. The van der Waals surface area contributed by atoms with E-state index in [0.717, 1.165) is 17.9 Å². The van der Waals surface area contributed by atoms with Gasteiger partial charge in [0.05, 0.1) is 4.92 Å². The van der Waals surface area contributed by atoms with Crippen LogP contribution in [-0.2, 0) is 6.61 Å². The molecule has 110 valence electrons. The molecule has 0 radical (unpaired) electrons. The number of ether oxygens (including phenoxy) is 1. The highest BCUT2D eigenvalue weighted by molar-refractivity contribution is 9.10. The molecule has 0 fully saturated rings. The number of nitro groups is 1. The van der Waals surface area contributed by atoms with Gasteiger partial charge in [-0.25, -0.2) is 4.98 Å². The minimum absolute atomic E-state index is 0.0203. The fourth-order valence-electron chi connectivity index (χ4n) is 1.71. The Kier molecular flexibility index (Phi) is 5.10. The zero-order valence-corrected chi connectivity index (χ0v) is 13.0. The fourth-order valence-corrected chi connectivity index (χ4v) is 2.23. The van der Waals surface area contributed by atoms with Crippen LogP contribution in [0, 0.1) is 10.1 Å². The molecule has 0 saturated heterocycles. The fraction of sp³-hybridized carbons (Fsp3) is 0.214. The Labute approximate surface area is 130 Å². The van der Waals surface area contributed by atoms with Crippen molar-refractivity contribution in [2.24, 2.45) is 0 Å². The number of hydrogen-bond donors (Lipinski definition) is 1. The van der Waals surface area contributed by atoms with Crippen LogP contribution in [-0.4, -0.2) is 16.5 Å². The van der Waals surface area contributed by atoms with Crippen molar-refractivity contribution in [2.45, 2.75) is 13.5 Å². The van der Waals surface area contributed by atoms with Gasteiger partial charge >= 0.3 is 0 Å². The molecule has 0 spiro atoms. The van der Waals surface area contributed by atoms with Gasteiger partial charge in [-0.1, -0.05) is 12.1 Å². The summed E-state index contributed by atoms with van der Waals surface area (Å²) in [6, 6.07) is 8.45. The molecule has 0 aliphatic heterocycles. The number of nitro benzene ring substituents is 1. The number of hydrogen-bond acceptors (Lipinski definition) is 5. The third-order valence-corrected chi connectivity index (χ3v) is 3.51. The standard InChI is InChI=1S/C14H14BrN3O3/c1-2-16-13-7-6-10(8-17-13)9-21-12-5-3-4-11(14(12)15)18(19)20/h3-8H,2,9H2,1H3,(H,16,17). The number of anilines is 1. The predicted octanol–water partition coefficient (Wildman–Crippen LogP) is 3.76. The second-order valence-electron chi connectivity index (χ2n) is 4.22. The number of halogens is 1. The van der Waals surface area contributed by atoms with Crippen LogP contribution < -0.4 is 10.1 Å². The minimum Gasteiger partial charge on any atom is -0.487 e. The molecule has 0 aliphatic carbocycles. The van der Waals surface area contributed by atoms with E-state index in [1.807, 2.05) is 19.1 Å². The van der Waals surface area contributed by atoms with Gasteiger partial charge in [0.2, 0.25) is 0 Å². The van der Waals surface area contributed by atoms with Crippen molar-refractivity contribution < 1.29 is 9.66 Å². The van der Waals surface area contributed by atoms with Crippen molar-refractivity contribution in [3.63, 3.8) is 0 Å². The number of aromatic nitrogens is 1. The Hall–Kier alpha value is -2.15. The highest BCUT2D eigenvalue weighted by atomic mass is 79.9. The summed E-state index contributed by atoms with van der Waals surface area (Å²) in [4.78, 5) is 14.6. The lowest BCUT2D eigenvalue weighted by Gasteiger charge is -2.09. The van der Waals surface area contributed by atoms with Gasteiger partial charge in [-0.15, -0.1) is 0 Å². The van der Waals surface area contributed by atoms with Crippen molar-refractivity contribution in [1.29, 1.82) is 0 Å². The molecule has 0 aliphatic rings. The van der Waals surface area contributed by atoms with Crippen LogP contribution in [0.3, 0.4) is 0 Å². The van der Waals surface area contributed by atoms with Crippen molar-refractivity contribution in [1.82, 2.24) is 4.98 Å². The minimum atomic E-state index is -0.455. The van der Waals surface area contributed by atoms with E-state index in [2.05, 4.69) is 26.2 Å². The van der Waals surface area contributed by atoms with E-state index in [-0.39, 0.29) is 5.69 Å².